The Morgan fingerprint density at radius 2 is 1.71 bits per heavy atom. The van der Waals surface area contributed by atoms with Crippen LogP contribution in [0.1, 0.15) is 25.8 Å². The number of sulfonamides is 1. The second-order valence-corrected chi connectivity index (χ2v) is 10.1. The van der Waals surface area contributed by atoms with Crippen LogP contribution in [0.3, 0.4) is 0 Å². The predicted octanol–water partition coefficient (Wildman–Crippen LogP) is 3.07. The number of nitrogens with one attached hydrogen (secondary N) is 1. The number of amides is 2. The number of rotatable bonds is 12. The van der Waals surface area contributed by atoms with Gasteiger partial charge in [0.05, 0.1) is 31.2 Å². The molecule has 2 amide bonds. The smallest absolute Gasteiger partial charge is 0.244 e. The van der Waals surface area contributed by atoms with Gasteiger partial charge in [0.25, 0.3) is 0 Å². The fourth-order valence-corrected chi connectivity index (χ4v) is 4.66. The van der Waals surface area contributed by atoms with Crippen LogP contribution in [-0.4, -0.2) is 64.7 Å². The van der Waals surface area contributed by atoms with E-state index in [2.05, 4.69) is 5.32 Å². The van der Waals surface area contributed by atoms with Crippen LogP contribution in [0, 0.1) is 0 Å². The van der Waals surface area contributed by atoms with E-state index in [1.54, 1.807) is 45.2 Å². The summed E-state index contributed by atoms with van der Waals surface area (Å²) in [6, 6.07) is 10.8. The summed E-state index contributed by atoms with van der Waals surface area (Å²) < 4.78 is 36.6. The standard InChI is InChI=1S/C24H32ClN3O6S/c1-6-21(24(30)26-7-2)27(15-17-8-11-19(33-3)12-9-17)23(29)16-28(35(5,31)32)18-10-13-22(34-4)20(25)14-18/h8-14,21H,6-7,15-16H2,1-5H3,(H,26,30)/t21-/m1/s1. The van der Waals surface area contributed by atoms with E-state index in [1.165, 1.54) is 30.2 Å². The highest BCUT2D eigenvalue weighted by atomic mass is 35.5. The Morgan fingerprint density at radius 3 is 2.20 bits per heavy atom. The van der Waals surface area contributed by atoms with Crippen LogP contribution in [0.25, 0.3) is 0 Å². The van der Waals surface area contributed by atoms with E-state index in [0.29, 0.717) is 24.5 Å². The SMILES string of the molecule is CCNC(=O)[C@@H](CC)N(Cc1ccc(OC)cc1)C(=O)CN(c1ccc(OC)c(Cl)c1)S(C)(=O)=O. The minimum atomic E-state index is -3.86. The Balaban J connectivity index is 2.44. The fourth-order valence-electron chi connectivity index (χ4n) is 3.56. The van der Waals surface area contributed by atoms with Gasteiger partial charge in [0, 0.05) is 13.1 Å². The van der Waals surface area contributed by atoms with Crippen molar-refractivity contribution < 1.29 is 27.5 Å². The zero-order valence-electron chi connectivity index (χ0n) is 20.6. The van der Waals surface area contributed by atoms with Crippen molar-refractivity contribution in [3.63, 3.8) is 0 Å². The van der Waals surface area contributed by atoms with E-state index in [0.717, 1.165) is 16.1 Å². The average Bonchev–Trinajstić information content (AvgIpc) is 2.82. The quantitative estimate of drug-likeness (QED) is 0.456. The maximum Gasteiger partial charge on any atom is 0.244 e. The molecule has 0 heterocycles. The number of ether oxygens (including phenoxy) is 2. The molecular weight excluding hydrogens is 494 g/mol. The molecule has 1 atom stereocenters. The van der Waals surface area contributed by atoms with Gasteiger partial charge in [-0.15, -0.1) is 0 Å². The molecule has 0 spiro atoms. The van der Waals surface area contributed by atoms with Crippen LogP contribution in [0.2, 0.25) is 5.02 Å². The minimum Gasteiger partial charge on any atom is -0.497 e. The number of hydrogen-bond donors (Lipinski definition) is 1. The zero-order chi connectivity index (χ0) is 26.2. The number of carbonyl (C=O) groups is 2. The van der Waals surface area contributed by atoms with Gasteiger partial charge in [0.15, 0.2) is 0 Å². The molecule has 192 valence electrons. The summed E-state index contributed by atoms with van der Waals surface area (Å²) in [4.78, 5) is 27.8. The van der Waals surface area contributed by atoms with Crippen LogP contribution in [0.5, 0.6) is 11.5 Å². The summed E-state index contributed by atoms with van der Waals surface area (Å²) in [5.41, 5.74) is 0.974. The molecule has 0 aliphatic rings. The molecule has 0 aliphatic carbocycles. The summed E-state index contributed by atoms with van der Waals surface area (Å²) in [6.07, 6.45) is 1.36. The van der Waals surface area contributed by atoms with Crippen molar-refractivity contribution >= 4 is 39.1 Å². The van der Waals surface area contributed by atoms with Gasteiger partial charge in [0.2, 0.25) is 21.8 Å². The van der Waals surface area contributed by atoms with Crippen molar-refractivity contribution in [2.75, 3.05) is 37.9 Å². The minimum absolute atomic E-state index is 0.111. The number of carbonyl (C=O) groups excluding carboxylic acids is 2. The third-order valence-electron chi connectivity index (χ3n) is 5.35. The van der Waals surface area contributed by atoms with Gasteiger partial charge in [-0.05, 0) is 49.2 Å². The van der Waals surface area contributed by atoms with Gasteiger partial charge < -0.3 is 19.7 Å². The van der Waals surface area contributed by atoms with Crippen molar-refractivity contribution in [2.24, 2.45) is 0 Å². The van der Waals surface area contributed by atoms with Crippen LogP contribution in [0.15, 0.2) is 42.5 Å². The van der Waals surface area contributed by atoms with E-state index >= 15 is 0 Å². The number of hydrogen-bond acceptors (Lipinski definition) is 6. The lowest BCUT2D eigenvalue weighted by Crippen LogP contribution is -2.52. The highest BCUT2D eigenvalue weighted by molar-refractivity contribution is 7.92. The van der Waals surface area contributed by atoms with E-state index in [-0.39, 0.29) is 23.2 Å². The molecule has 1 N–H and O–H groups in total. The van der Waals surface area contributed by atoms with Crippen molar-refractivity contribution in [1.82, 2.24) is 10.2 Å². The van der Waals surface area contributed by atoms with E-state index in [9.17, 15) is 18.0 Å². The lowest BCUT2D eigenvalue weighted by Gasteiger charge is -2.32. The Labute approximate surface area is 212 Å². The number of halogens is 1. The number of nitrogens with zero attached hydrogens (tertiary/aromatic N) is 2. The average molecular weight is 526 g/mol. The van der Waals surface area contributed by atoms with Gasteiger partial charge in [-0.2, -0.15) is 0 Å². The summed E-state index contributed by atoms with van der Waals surface area (Å²) in [5, 5.41) is 2.96. The van der Waals surface area contributed by atoms with Crippen LogP contribution < -0.4 is 19.1 Å². The maximum atomic E-state index is 13.6. The molecule has 0 saturated carbocycles. The first-order valence-electron chi connectivity index (χ1n) is 11.1. The summed E-state index contributed by atoms with van der Waals surface area (Å²) >= 11 is 6.20. The molecule has 9 nitrogen and oxygen atoms in total. The van der Waals surface area contributed by atoms with E-state index in [4.69, 9.17) is 21.1 Å². The summed E-state index contributed by atoms with van der Waals surface area (Å²) in [6.45, 7) is 3.59. The summed E-state index contributed by atoms with van der Waals surface area (Å²) in [5.74, 6) is 0.187. The molecule has 0 bridgehead atoms. The number of methoxy groups -OCH3 is 2. The molecule has 2 rings (SSSR count). The van der Waals surface area contributed by atoms with Crippen LogP contribution in [0.4, 0.5) is 5.69 Å². The van der Waals surface area contributed by atoms with E-state index < -0.39 is 28.5 Å². The number of anilines is 1. The molecule has 0 fully saturated rings. The normalized spacial score (nSPS) is 11.9. The zero-order valence-corrected chi connectivity index (χ0v) is 22.1. The highest BCUT2D eigenvalue weighted by Gasteiger charge is 2.31. The monoisotopic (exact) mass is 525 g/mol. The molecule has 2 aromatic rings. The molecule has 2 aromatic carbocycles. The summed E-state index contributed by atoms with van der Waals surface area (Å²) in [7, 11) is -0.858. The molecule has 0 unspecified atom stereocenters. The Kier molecular flexibility index (Phi) is 10.2. The molecule has 0 saturated heterocycles. The van der Waals surface area contributed by atoms with Gasteiger partial charge in [-0.3, -0.25) is 13.9 Å². The first-order chi connectivity index (χ1) is 16.5. The van der Waals surface area contributed by atoms with Crippen LogP contribution >= 0.6 is 11.6 Å². The molecule has 0 aliphatic heterocycles. The van der Waals surface area contributed by atoms with Crippen molar-refractivity contribution in [3.05, 3.63) is 53.1 Å². The van der Waals surface area contributed by atoms with E-state index in [1.807, 2.05) is 0 Å². The molecule has 35 heavy (non-hydrogen) atoms. The second kappa shape index (κ2) is 12.6. The molecule has 0 radical (unpaired) electrons. The number of likely N-dealkylation sites (N-methyl/N-ethyl adjacent to an activating group) is 1. The topological polar surface area (TPSA) is 105 Å². The lowest BCUT2D eigenvalue weighted by atomic mass is 10.1. The Morgan fingerprint density at radius 1 is 1.06 bits per heavy atom. The maximum absolute atomic E-state index is 13.6. The van der Waals surface area contributed by atoms with Crippen molar-refractivity contribution in [2.45, 2.75) is 32.9 Å². The first-order valence-corrected chi connectivity index (χ1v) is 13.3. The van der Waals surface area contributed by atoms with Crippen LogP contribution in [-0.2, 0) is 26.2 Å². The molecular formula is C24H32ClN3O6S. The number of benzene rings is 2. The Bertz CT molecular complexity index is 1120. The van der Waals surface area contributed by atoms with Crippen molar-refractivity contribution in [1.29, 1.82) is 0 Å². The predicted molar refractivity (Wildman–Crippen MR) is 137 cm³/mol. The molecule has 0 aromatic heterocycles. The third kappa shape index (κ3) is 7.50. The molecule has 11 heteroatoms. The fraction of sp³-hybridized carbons (Fsp3) is 0.417. The van der Waals surface area contributed by atoms with Gasteiger partial charge in [-0.25, -0.2) is 8.42 Å². The van der Waals surface area contributed by atoms with Gasteiger partial charge >= 0.3 is 0 Å². The second-order valence-electron chi connectivity index (χ2n) is 7.78. The third-order valence-corrected chi connectivity index (χ3v) is 6.79. The Hall–Kier alpha value is -2.98. The van der Waals surface area contributed by atoms with Crippen molar-refractivity contribution in [3.8, 4) is 11.5 Å². The first kappa shape index (κ1) is 28.3. The lowest BCUT2D eigenvalue weighted by molar-refractivity contribution is -0.140. The van der Waals surface area contributed by atoms with Gasteiger partial charge in [-0.1, -0.05) is 30.7 Å². The highest BCUT2D eigenvalue weighted by Crippen LogP contribution is 2.30. The van der Waals surface area contributed by atoms with Gasteiger partial charge in [0.1, 0.15) is 24.1 Å². The largest absolute Gasteiger partial charge is 0.497 e.